The molecule has 0 fully saturated rings. The molecule has 3 aromatic rings. The van der Waals surface area contributed by atoms with Gasteiger partial charge in [0.25, 0.3) is 0 Å². The van der Waals surface area contributed by atoms with Gasteiger partial charge >= 0.3 is 18.2 Å². The Kier molecular flexibility index (Phi) is 8.89. The van der Waals surface area contributed by atoms with Gasteiger partial charge in [0, 0.05) is 22.7 Å². The molecule has 12 heteroatoms. The highest BCUT2D eigenvalue weighted by Gasteiger charge is 2.32. The van der Waals surface area contributed by atoms with E-state index in [4.69, 9.17) is 9.47 Å². The summed E-state index contributed by atoms with van der Waals surface area (Å²) in [6.07, 6.45) is -2.19. The van der Waals surface area contributed by atoms with Crippen molar-refractivity contribution in [2.24, 2.45) is 5.92 Å². The fourth-order valence-electron chi connectivity index (χ4n) is 4.95. The Hall–Kier alpha value is -4.35. The summed E-state index contributed by atoms with van der Waals surface area (Å²) in [6, 6.07) is 6.29. The molecule has 0 bridgehead atoms. The molecule has 2 atom stereocenters. The molecule has 1 amide bonds. The zero-order valence-corrected chi connectivity index (χ0v) is 24.8. The lowest BCUT2D eigenvalue weighted by Crippen LogP contribution is -2.27. The zero-order valence-electron chi connectivity index (χ0n) is 24.8. The highest BCUT2D eigenvalue weighted by atomic mass is 19.4. The number of carbonyl (C=O) groups excluding carboxylic acids is 1. The highest BCUT2D eigenvalue weighted by molar-refractivity contribution is 5.94. The van der Waals surface area contributed by atoms with E-state index in [0.29, 0.717) is 47.6 Å². The molecule has 0 saturated heterocycles. The van der Waals surface area contributed by atoms with Crippen molar-refractivity contribution in [3.8, 4) is 5.75 Å². The first kappa shape index (κ1) is 31.6. The van der Waals surface area contributed by atoms with Crippen LogP contribution in [0.1, 0.15) is 75.5 Å². The van der Waals surface area contributed by atoms with Gasteiger partial charge in [-0.25, -0.2) is 14.8 Å². The number of anilines is 2. The lowest BCUT2D eigenvalue weighted by molar-refractivity contribution is -0.142. The maximum absolute atomic E-state index is 13.8. The summed E-state index contributed by atoms with van der Waals surface area (Å²) in [5.41, 5.74) is 0.712. The number of carboxylic acid groups (broad SMARTS) is 1. The third kappa shape index (κ3) is 7.74. The van der Waals surface area contributed by atoms with Crippen molar-refractivity contribution in [2.45, 2.75) is 71.7 Å². The SMILES string of the molecule is COc1cc2nc(C)nc(NC(C)c3cc(NC(=O)OC(C)(C)C)cc(C(F)(F)F)c3)c2cc1C1=CCC(C(=O)O)CC1. The largest absolute Gasteiger partial charge is 0.496 e. The van der Waals surface area contributed by atoms with Crippen LogP contribution in [0.15, 0.2) is 36.4 Å². The van der Waals surface area contributed by atoms with Crippen LogP contribution in [0.4, 0.5) is 29.5 Å². The van der Waals surface area contributed by atoms with Gasteiger partial charge in [-0.05, 0) is 89.3 Å². The van der Waals surface area contributed by atoms with E-state index < -0.39 is 41.4 Å². The first-order valence-electron chi connectivity index (χ1n) is 13.8. The maximum atomic E-state index is 13.8. The first-order chi connectivity index (χ1) is 20.0. The molecular formula is C31H35F3N4O5. The second-order valence-electron chi connectivity index (χ2n) is 11.6. The number of halogens is 3. The molecule has 1 heterocycles. The number of amides is 1. The minimum atomic E-state index is -4.66. The van der Waals surface area contributed by atoms with Crippen molar-refractivity contribution < 1.29 is 37.3 Å². The number of carboxylic acids is 1. The fraction of sp³-hybridized carbons (Fsp3) is 0.419. The van der Waals surface area contributed by atoms with Crippen molar-refractivity contribution in [3.05, 3.63) is 58.9 Å². The number of carbonyl (C=O) groups is 2. The Labute approximate surface area is 247 Å². The number of aryl methyl sites for hydroxylation is 1. The molecule has 9 nitrogen and oxygen atoms in total. The smallest absolute Gasteiger partial charge is 0.416 e. The molecule has 0 radical (unpaired) electrons. The minimum absolute atomic E-state index is 0.0626. The first-order valence-corrected chi connectivity index (χ1v) is 13.8. The monoisotopic (exact) mass is 600 g/mol. The number of ether oxygens (including phenoxy) is 2. The second-order valence-corrected chi connectivity index (χ2v) is 11.6. The number of alkyl halides is 3. The molecule has 0 aliphatic heterocycles. The Morgan fingerprint density at radius 1 is 1.09 bits per heavy atom. The Bertz CT molecular complexity index is 1580. The number of methoxy groups -OCH3 is 1. The van der Waals surface area contributed by atoms with Crippen molar-refractivity contribution in [3.63, 3.8) is 0 Å². The number of hydrogen-bond donors (Lipinski definition) is 3. The fourth-order valence-corrected chi connectivity index (χ4v) is 4.95. The van der Waals surface area contributed by atoms with Crippen LogP contribution >= 0.6 is 0 Å². The van der Waals surface area contributed by atoms with Gasteiger partial charge in [-0.1, -0.05) is 6.08 Å². The van der Waals surface area contributed by atoms with E-state index in [2.05, 4.69) is 20.6 Å². The lowest BCUT2D eigenvalue weighted by Gasteiger charge is -2.23. The number of fused-ring (bicyclic) bond motifs is 1. The number of rotatable bonds is 7. The van der Waals surface area contributed by atoms with Crippen LogP contribution in [-0.4, -0.2) is 39.8 Å². The van der Waals surface area contributed by atoms with Gasteiger partial charge in [0.2, 0.25) is 0 Å². The molecular weight excluding hydrogens is 565 g/mol. The van der Waals surface area contributed by atoms with Crippen LogP contribution in [0.25, 0.3) is 16.5 Å². The van der Waals surface area contributed by atoms with E-state index in [1.807, 2.05) is 12.1 Å². The van der Waals surface area contributed by atoms with Crippen LogP contribution in [0.3, 0.4) is 0 Å². The molecule has 2 unspecified atom stereocenters. The summed E-state index contributed by atoms with van der Waals surface area (Å²) in [4.78, 5) is 32.8. The van der Waals surface area contributed by atoms with Gasteiger partial charge in [0.05, 0.1) is 30.1 Å². The number of allylic oxidation sites excluding steroid dienone is 2. The third-order valence-electron chi connectivity index (χ3n) is 7.02. The summed E-state index contributed by atoms with van der Waals surface area (Å²) in [7, 11) is 1.54. The van der Waals surface area contributed by atoms with Gasteiger partial charge in [-0.2, -0.15) is 13.2 Å². The normalized spacial score (nSPS) is 16.3. The van der Waals surface area contributed by atoms with Gasteiger partial charge in [0.15, 0.2) is 0 Å². The molecule has 43 heavy (non-hydrogen) atoms. The molecule has 1 aliphatic rings. The standard InChI is InChI=1S/C31H35F3N4O5/c1-16(20-11-21(31(32,33)34)13-22(12-20)38-29(41)43-30(3,4)5)35-27-24-14-23(18-7-9-19(10-8-18)28(39)40)26(42-6)15-25(24)36-17(2)37-27/h7,11-16,19H,8-10H2,1-6H3,(H,38,41)(H,39,40)(H,35,36,37). The van der Waals surface area contributed by atoms with Crippen molar-refractivity contribution in [1.29, 1.82) is 0 Å². The molecule has 1 aromatic heterocycles. The van der Waals surface area contributed by atoms with Gasteiger partial charge in [-0.15, -0.1) is 0 Å². The lowest BCUT2D eigenvalue weighted by atomic mass is 9.86. The Morgan fingerprint density at radius 3 is 2.40 bits per heavy atom. The van der Waals surface area contributed by atoms with Gasteiger partial charge in [0.1, 0.15) is 23.0 Å². The predicted octanol–water partition coefficient (Wildman–Crippen LogP) is 7.75. The molecule has 230 valence electrons. The molecule has 0 spiro atoms. The highest BCUT2D eigenvalue weighted by Crippen LogP contribution is 2.39. The average molecular weight is 601 g/mol. The zero-order chi connectivity index (χ0) is 31.7. The molecule has 4 rings (SSSR count). The number of aromatic nitrogens is 2. The number of aliphatic carboxylic acids is 1. The van der Waals surface area contributed by atoms with Gasteiger partial charge < -0.3 is 19.9 Å². The van der Waals surface area contributed by atoms with Crippen LogP contribution in [-0.2, 0) is 15.7 Å². The minimum Gasteiger partial charge on any atom is -0.496 e. The Morgan fingerprint density at radius 2 is 1.81 bits per heavy atom. The van der Waals surface area contributed by atoms with Crippen LogP contribution in [0.2, 0.25) is 0 Å². The Balaban J connectivity index is 1.72. The van der Waals surface area contributed by atoms with Crippen LogP contribution in [0, 0.1) is 12.8 Å². The molecule has 3 N–H and O–H groups in total. The number of nitrogens with zero attached hydrogens (tertiary/aromatic N) is 2. The number of benzene rings is 2. The summed E-state index contributed by atoms with van der Waals surface area (Å²) in [6.45, 7) is 8.36. The van der Waals surface area contributed by atoms with Gasteiger partial charge in [-0.3, -0.25) is 10.1 Å². The number of nitrogens with one attached hydrogen (secondary N) is 2. The number of hydrogen-bond acceptors (Lipinski definition) is 7. The van der Waals surface area contributed by atoms with Crippen LogP contribution < -0.4 is 15.4 Å². The van der Waals surface area contributed by atoms with E-state index in [-0.39, 0.29) is 11.3 Å². The molecule has 1 aliphatic carbocycles. The predicted molar refractivity (Wildman–Crippen MR) is 157 cm³/mol. The topological polar surface area (TPSA) is 123 Å². The van der Waals surface area contributed by atoms with Crippen molar-refractivity contribution in [1.82, 2.24) is 9.97 Å². The maximum Gasteiger partial charge on any atom is 0.416 e. The van der Waals surface area contributed by atoms with E-state index in [1.54, 1.807) is 47.8 Å². The van der Waals surface area contributed by atoms with E-state index in [9.17, 15) is 27.9 Å². The third-order valence-corrected chi connectivity index (χ3v) is 7.02. The molecule has 2 aromatic carbocycles. The van der Waals surface area contributed by atoms with E-state index in [1.165, 1.54) is 6.07 Å². The van der Waals surface area contributed by atoms with Crippen molar-refractivity contribution in [2.75, 3.05) is 17.7 Å². The van der Waals surface area contributed by atoms with E-state index in [0.717, 1.165) is 23.3 Å². The summed E-state index contributed by atoms with van der Waals surface area (Å²) in [5, 5.41) is 15.6. The quantitative estimate of drug-likeness (QED) is 0.252. The van der Waals surface area contributed by atoms with Crippen LogP contribution in [0.5, 0.6) is 5.75 Å². The second kappa shape index (κ2) is 12.1. The van der Waals surface area contributed by atoms with E-state index >= 15 is 0 Å². The summed E-state index contributed by atoms with van der Waals surface area (Å²) < 4.78 is 52.4. The summed E-state index contributed by atoms with van der Waals surface area (Å²) in [5.74, 6) is 0.137. The van der Waals surface area contributed by atoms with Crippen molar-refractivity contribution >= 4 is 40.0 Å². The summed E-state index contributed by atoms with van der Waals surface area (Å²) >= 11 is 0. The molecule has 0 saturated carbocycles. The average Bonchev–Trinajstić information content (AvgIpc) is 2.90.